The Kier molecular flexibility index (Phi) is 2.91. The first-order valence-electron chi connectivity index (χ1n) is 7.23. The van der Waals surface area contributed by atoms with Crippen LogP contribution in [0.25, 0.3) is 5.69 Å². The predicted molar refractivity (Wildman–Crippen MR) is 77.2 cm³/mol. The van der Waals surface area contributed by atoms with Gasteiger partial charge in [0.1, 0.15) is 18.3 Å². The Hall–Kier alpha value is -2.51. The van der Waals surface area contributed by atoms with Crippen LogP contribution in [0.4, 0.5) is 0 Å². The first-order valence-corrected chi connectivity index (χ1v) is 7.23. The molecule has 2 bridgehead atoms. The summed E-state index contributed by atoms with van der Waals surface area (Å²) >= 11 is 0. The molecule has 0 aliphatic carbocycles. The van der Waals surface area contributed by atoms with Gasteiger partial charge in [-0.3, -0.25) is 9.36 Å². The normalized spacial score (nSPS) is 27.9. The summed E-state index contributed by atoms with van der Waals surface area (Å²) in [6, 6.07) is 8.85. The van der Waals surface area contributed by atoms with Crippen LogP contribution in [0.15, 0.2) is 30.3 Å². The number of benzene rings is 1. The molecule has 0 amide bonds. The maximum Gasteiger partial charge on any atom is 0.303 e. The van der Waals surface area contributed by atoms with E-state index < -0.39 is 30.4 Å². The van der Waals surface area contributed by atoms with E-state index in [9.17, 15) is 20.1 Å². The highest BCUT2D eigenvalue weighted by atomic mass is 16.6. The Labute approximate surface area is 131 Å². The summed E-state index contributed by atoms with van der Waals surface area (Å²) in [5.41, 5.74) is 1.27. The van der Waals surface area contributed by atoms with E-state index in [0.717, 1.165) is 0 Å². The average Bonchev–Trinajstić information content (AvgIpc) is 3.12. The third-order valence-electron chi connectivity index (χ3n) is 4.32. The largest absolute Gasteiger partial charge is 0.494 e. The van der Waals surface area contributed by atoms with Crippen molar-refractivity contribution in [1.29, 1.82) is 0 Å². The second kappa shape index (κ2) is 4.74. The molecule has 2 aromatic rings. The second-order valence-electron chi connectivity index (χ2n) is 5.69. The highest BCUT2D eigenvalue weighted by Gasteiger charge is 2.58. The molecule has 3 heterocycles. The number of fused-ring (bicyclic) bond motifs is 5. The predicted octanol–water partition coefficient (Wildman–Crippen LogP) is 1.31. The molecule has 1 fully saturated rings. The van der Waals surface area contributed by atoms with Crippen LogP contribution >= 0.6 is 0 Å². The fraction of sp³-hybridized carbons (Fsp3) is 0.312. The molecule has 4 rings (SSSR count). The number of esters is 1. The summed E-state index contributed by atoms with van der Waals surface area (Å²) in [6.45, 7) is 1.24. The van der Waals surface area contributed by atoms with Crippen LogP contribution in [0.2, 0.25) is 0 Å². The van der Waals surface area contributed by atoms with Gasteiger partial charge < -0.3 is 24.8 Å². The number of aliphatic hydroxyl groups excluding tert-OH is 1. The van der Waals surface area contributed by atoms with Crippen molar-refractivity contribution in [2.45, 2.75) is 31.3 Å². The van der Waals surface area contributed by atoms with Gasteiger partial charge in [0.15, 0.2) is 6.10 Å². The smallest absolute Gasteiger partial charge is 0.303 e. The zero-order valence-corrected chi connectivity index (χ0v) is 12.2. The minimum Gasteiger partial charge on any atom is -0.494 e. The molecule has 7 heteroatoms. The standard InChI is InChI=1S/C16H15NO6/c1-7(18)22-14-11(19)12-9-10(13(14)23-12)16(21)17(15(9)20)8-5-3-2-4-6-8/h2-6,11-14,19-21H,1H3/t11-,12+,13?,14?/m1/s1. The van der Waals surface area contributed by atoms with Gasteiger partial charge in [0.25, 0.3) is 0 Å². The SMILES string of the molecule is CC(=O)OC1C2O[C@@H](c3c2c(O)n(-c2ccccc2)c3O)[C@H]1O. The Morgan fingerprint density at radius 2 is 1.74 bits per heavy atom. The molecule has 0 saturated carbocycles. The molecule has 1 aromatic carbocycles. The van der Waals surface area contributed by atoms with Crippen LogP contribution < -0.4 is 0 Å². The Bertz CT molecular complexity index is 784. The second-order valence-corrected chi connectivity index (χ2v) is 5.69. The number of ether oxygens (including phenoxy) is 2. The average molecular weight is 317 g/mol. The van der Waals surface area contributed by atoms with Crippen LogP contribution in [0.1, 0.15) is 30.3 Å². The van der Waals surface area contributed by atoms with E-state index >= 15 is 0 Å². The summed E-state index contributed by atoms with van der Waals surface area (Å²) in [4.78, 5) is 11.2. The van der Waals surface area contributed by atoms with Gasteiger partial charge in [0.05, 0.1) is 16.8 Å². The quantitative estimate of drug-likeness (QED) is 0.722. The minimum atomic E-state index is -1.09. The number of para-hydroxylation sites is 1. The van der Waals surface area contributed by atoms with Crippen molar-refractivity contribution >= 4 is 5.97 Å². The lowest BCUT2D eigenvalue weighted by atomic mass is 9.90. The number of hydrogen-bond acceptors (Lipinski definition) is 6. The molecular weight excluding hydrogens is 302 g/mol. The number of nitrogens with zero attached hydrogens (tertiary/aromatic N) is 1. The topological polar surface area (TPSA) is 101 Å². The summed E-state index contributed by atoms with van der Waals surface area (Å²) in [6.07, 6.45) is -3.63. The van der Waals surface area contributed by atoms with Crippen molar-refractivity contribution in [3.05, 3.63) is 41.5 Å². The van der Waals surface area contributed by atoms with Crippen molar-refractivity contribution in [1.82, 2.24) is 4.57 Å². The van der Waals surface area contributed by atoms with Gasteiger partial charge in [-0.25, -0.2) is 0 Å². The van der Waals surface area contributed by atoms with Gasteiger partial charge in [-0.15, -0.1) is 0 Å². The van der Waals surface area contributed by atoms with Gasteiger partial charge in [-0.2, -0.15) is 0 Å². The van der Waals surface area contributed by atoms with Crippen LogP contribution in [-0.2, 0) is 14.3 Å². The fourth-order valence-corrected chi connectivity index (χ4v) is 3.43. The summed E-state index contributed by atoms with van der Waals surface area (Å²) in [5.74, 6) is -0.908. The number of aromatic hydroxyl groups is 2. The highest BCUT2D eigenvalue weighted by molar-refractivity contribution is 5.67. The van der Waals surface area contributed by atoms with Gasteiger partial charge in [-0.1, -0.05) is 18.2 Å². The van der Waals surface area contributed by atoms with Gasteiger partial charge in [0.2, 0.25) is 11.8 Å². The number of hydrogen-bond donors (Lipinski definition) is 3. The van der Waals surface area contributed by atoms with Gasteiger partial charge in [-0.05, 0) is 12.1 Å². The monoisotopic (exact) mass is 317 g/mol. The van der Waals surface area contributed by atoms with E-state index in [1.807, 2.05) is 6.07 Å². The molecule has 4 atom stereocenters. The minimum absolute atomic E-state index is 0.180. The van der Waals surface area contributed by atoms with E-state index in [-0.39, 0.29) is 11.8 Å². The van der Waals surface area contributed by atoms with E-state index in [1.54, 1.807) is 24.3 Å². The summed E-state index contributed by atoms with van der Waals surface area (Å²) < 4.78 is 12.0. The molecular formula is C16H15NO6. The molecule has 120 valence electrons. The lowest BCUT2D eigenvalue weighted by molar-refractivity contribution is -0.153. The highest BCUT2D eigenvalue weighted by Crippen LogP contribution is 2.59. The van der Waals surface area contributed by atoms with Crippen LogP contribution in [0, 0.1) is 0 Å². The Morgan fingerprint density at radius 3 is 2.35 bits per heavy atom. The third-order valence-corrected chi connectivity index (χ3v) is 4.32. The molecule has 1 saturated heterocycles. The number of aliphatic hydroxyl groups is 1. The zero-order valence-electron chi connectivity index (χ0n) is 12.2. The maximum absolute atomic E-state index is 11.2. The number of rotatable bonds is 2. The van der Waals surface area contributed by atoms with E-state index in [0.29, 0.717) is 16.8 Å². The van der Waals surface area contributed by atoms with Crippen molar-refractivity contribution in [2.75, 3.05) is 0 Å². The molecule has 7 nitrogen and oxygen atoms in total. The number of aromatic nitrogens is 1. The van der Waals surface area contributed by atoms with E-state index in [1.165, 1.54) is 11.5 Å². The van der Waals surface area contributed by atoms with Gasteiger partial charge >= 0.3 is 5.97 Å². The molecule has 2 aliphatic heterocycles. The van der Waals surface area contributed by atoms with Crippen LogP contribution in [0.3, 0.4) is 0 Å². The summed E-state index contributed by atoms with van der Waals surface area (Å²) in [5, 5.41) is 31.3. The van der Waals surface area contributed by atoms with Crippen molar-refractivity contribution in [2.24, 2.45) is 0 Å². The van der Waals surface area contributed by atoms with Crippen LogP contribution in [-0.4, -0.2) is 38.1 Å². The molecule has 3 N–H and O–H groups in total. The zero-order chi connectivity index (χ0) is 16.3. The maximum atomic E-state index is 11.2. The molecule has 0 spiro atoms. The molecule has 0 radical (unpaired) electrons. The van der Waals surface area contributed by atoms with E-state index in [4.69, 9.17) is 9.47 Å². The third kappa shape index (κ3) is 1.80. The number of carbonyl (C=O) groups is 1. The number of carbonyl (C=O) groups excluding carboxylic acids is 1. The van der Waals surface area contributed by atoms with Crippen molar-refractivity contribution in [3.8, 4) is 17.4 Å². The van der Waals surface area contributed by atoms with Crippen molar-refractivity contribution in [3.63, 3.8) is 0 Å². The van der Waals surface area contributed by atoms with Crippen LogP contribution in [0.5, 0.6) is 11.8 Å². The Balaban J connectivity index is 1.85. The molecule has 2 unspecified atom stereocenters. The summed E-state index contributed by atoms with van der Waals surface area (Å²) in [7, 11) is 0. The first kappa shape index (κ1) is 14.1. The van der Waals surface area contributed by atoms with Gasteiger partial charge in [0, 0.05) is 6.92 Å². The van der Waals surface area contributed by atoms with E-state index in [2.05, 4.69) is 0 Å². The molecule has 1 aromatic heterocycles. The van der Waals surface area contributed by atoms with Crippen molar-refractivity contribution < 1.29 is 29.6 Å². The first-order chi connectivity index (χ1) is 11.0. The lowest BCUT2D eigenvalue weighted by Crippen LogP contribution is -2.34. The lowest BCUT2D eigenvalue weighted by Gasteiger charge is -2.23. The fourth-order valence-electron chi connectivity index (χ4n) is 3.43. The molecule has 2 aliphatic rings. The Morgan fingerprint density at radius 1 is 1.13 bits per heavy atom. The molecule has 23 heavy (non-hydrogen) atoms.